The first kappa shape index (κ1) is 17.1. The van der Waals surface area contributed by atoms with E-state index in [2.05, 4.69) is 5.92 Å². The normalized spacial score (nSPS) is 9.95. The van der Waals surface area contributed by atoms with E-state index in [0.717, 1.165) is 11.3 Å². The number of carboxylic acid groups (broad SMARTS) is 1. The molecular weight excluding hydrogens is 290 g/mol. The number of ether oxygens (including phenoxy) is 1. The van der Waals surface area contributed by atoms with Crippen molar-refractivity contribution in [3.8, 4) is 12.3 Å². The summed E-state index contributed by atoms with van der Waals surface area (Å²) in [4.78, 5) is 25.6. The van der Waals surface area contributed by atoms with Crippen molar-refractivity contribution >= 4 is 28.3 Å². The largest absolute Gasteiger partial charge is 0.481 e. The molecule has 0 unspecified atom stereocenters. The number of terminal acetylenes is 1. The molecule has 1 heterocycles. The highest BCUT2D eigenvalue weighted by Gasteiger charge is 2.21. The highest BCUT2D eigenvalue weighted by molar-refractivity contribution is 7.16. The zero-order valence-corrected chi connectivity index (χ0v) is 13.0. The fourth-order valence-electron chi connectivity index (χ4n) is 1.79. The molecule has 1 aromatic heterocycles. The molecule has 0 fully saturated rings. The van der Waals surface area contributed by atoms with Gasteiger partial charge in [-0.25, -0.2) is 4.79 Å². The molecule has 0 saturated heterocycles. The van der Waals surface area contributed by atoms with Crippen LogP contribution < -0.4 is 4.90 Å². The summed E-state index contributed by atoms with van der Waals surface area (Å²) in [6.45, 7) is 4.54. The topological polar surface area (TPSA) is 66.8 Å². The van der Waals surface area contributed by atoms with Crippen LogP contribution in [0.4, 0.5) is 5.00 Å². The molecule has 0 bridgehead atoms. The number of nitrogens with zero attached hydrogens (tertiary/aromatic N) is 1. The van der Waals surface area contributed by atoms with Crippen LogP contribution in [-0.2, 0) is 16.0 Å². The van der Waals surface area contributed by atoms with E-state index in [4.69, 9.17) is 16.3 Å². The number of carboxylic acids is 1. The molecule has 1 aromatic rings. The zero-order chi connectivity index (χ0) is 15.8. The summed E-state index contributed by atoms with van der Waals surface area (Å²) in [6, 6.07) is 1.79. The molecule has 0 saturated carbocycles. The van der Waals surface area contributed by atoms with E-state index in [-0.39, 0.29) is 19.5 Å². The molecule has 1 N–H and O–H groups in total. The number of aliphatic carboxylic acids is 1. The Morgan fingerprint density at radius 3 is 2.71 bits per heavy atom. The first-order valence-electron chi connectivity index (χ1n) is 6.73. The summed E-state index contributed by atoms with van der Waals surface area (Å²) in [7, 11) is 0. The Hall–Kier alpha value is -2.00. The first-order valence-corrected chi connectivity index (χ1v) is 7.55. The minimum atomic E-state index is -0.901. The van der Waals surface area contributed by atoms with E-state index in [0.29, 0.717) is 17.2 Å². The van der Waals surface area contributed by atoms with Gasteiger partial charge in [0.25, 0.3) is 0 Å². The molecule has 0 aliphatic rings. The highest BCUT2D eigenvalue weighted by atomic mass is 32.1. The second kappa shape index (κ2) is 8.32. The van der Waals surface area contributed by atoms with Crippen molar-refractivity contribution in [2.75, 3.05) is 24.6 Å². The Labute approximate surface area is 128 Å². The van der Waals surface area contributed by atoms with Gasteiger partial charge in [0.15, 0.2) is 0 Å². The lowest BCUT2D eigenvalue weighted by Crippen LogP contribution is -2.27. The lowest BCUT2D eigenvalue weighted by molar-refractivity contribution is -0.136. The van der Waals surface area contributed by atoms with Gasteiger partial charge in [0.2, 0.25) is 0 Å². The fraction of sp³-hybridized carbons (Fsp3) is 0.467. The van der Waals surface area contributed by atoms with Crippen LogP contribution >= 0.6 is 11.3 Å². The van der Waals surface area contributed by atoms with Gasteiger partial charge in [0, 0.05) is 11.4 Å². The smallest absolute Gasteiger partial charge is 0.341 e. The molecule has 0 aromatic carbocycles. The minimum absolute atomic E-state index is 0.0384. The lowest BCUT2D eigenvalue weighted by Gasteiger charge is -2.21. The van der Waals surface area contributed by atoms with Crippen molar-refractivity contribution in [3.05, 3.63) is 16.5 Å². The maximum Gasteiger partial charge on any atom is 0.341 e. The predicted octanol–water partition coefficient (Wildman–Crippen LogP) is 2.40. The van der Waals surface area contributed by atoms with Crippen molar-refractivity contribution in [1.82, 2.24) is 0 Å². The number of aryl methyl sites for hydroxylation is 1. The average molecular weight is 309 g/mol. The molecule has 6 heteroatoms. The Bertz CT molecular complexity index is 544. The van der Waals surface area contributed by atoms with E-state index in [9.17, 15) is 9.59 Å². The van der Waals surface area contributed by atoms with Gasteiger partial charge in [0.05, 0.1) is 25.1 Å². The lowest BCUT2D eigenvalue weighted by atomic mass is 10.2. The van der Waals surface area contributed by atoms with Gasteiger partial charge in [-0.15, -0.1) is 17.8 Å². The Morgan fingerprint density at radius 1 is 1.48 bits per heavy atom. The van der Waals surface area contributed by atoms with Crippen LogP contribution in [0.5, 0.6) is 0 Å². The Morgan fingerprint density at radius 2 is 2.19 bits per heavy atom. The number of hydrogen-bond donors (Lipinski definition) is 1. The third kappa shape index (κ3) is 4.80. The second-order valence-corrected chi connectivity index (χ2v) is 5.39. The van der Waals surface area contributed by atoms with E-state index in [1.165, 1.54) is 11.3 Å². The third-order valence-electron chi connectivity index (χ3n) is 2.77. The highest BCUT2D eigenvalue weighted by Crippen LogP contribution is 2.32. The van der Waals surface area contributed by atoms with Gasteiger partial charge < -0.3 is 14.7 Å². The molecule has 0 aliphatic carbocycles. The number of rotatable bonds is 8. The monoisotopic (exact) mass is 309 g/mol. The first-order chi connectivity index (χ1) is 10.0. The third-order valence-corrected chi connectivity index (χ3v) is 4.11. The van der Waals surface area contributed by atoms with Crippen LogP contribution in [0.3, 0.4) is 0 Å². The van der Waals surface area contributed by atoms with Crippen molar-refractivity contribution in [3.63, 3.8) is 0 Å². The molecule has 0 amide bonds. The maximum absolute atomic E-state index is 12.0. The van der Waals surface area contributed by atoms with Gasteiger partial charge >= 0.3 is 11.9 Å². The summed E-state index contributed by atoms with van der Waals surface area (Å²) in [6.07, 6.45) is 6.10. The quantitative estimate of drug-likeness (QED) is 0.590. The van der Waals surface area contributed by atoms with Gasteiger partial charge in [-0.05, 0) is 19.4 Å². The molecule has 0 atom stereocenters. The molecule has 0 aliphatic heterocycles. The molecular formula is C15H19NO4S. The summed E-state index contributed by atoms with van der Waals surface area (Å²) in [5, 5.41) is 9.51. The molecule has 21 heavy (non-hydrogen) atoms. The van der Waals surface area contributed by atoms with Crippen LogP contribution in [0.25, 0.3) is 0 Å². The minimum Gasteiger partial charge on any atom is -0.481 e. The van der Waals surface area contributed by atoms with Crippen LogP contribution in [0.1, 0.15) is 35.5 Å². The summed E-state index contributed by atoms with van der Waals surface area (Å²) < 4.78 is 5.05. The molecule has 114 valence electrons. The second-order valence-electron chi connectivity index (χ2n) is 4.27. The molecule has 5 nitrogen and oxygen atoms in total. The fourth-order valence-corrected chi connectivity index (χ4v) is 2.90. The van der Waals surface area contributed by atoms with Gasteiger partial charge in [0.1, 0.15) is 5.00 Å². The molecule has 0 spiro atoms. The van der Waals surface area contributed by atoms with Crippen molar-refractivity contribution in [1.29, 1.82) is 0 Å². The van der Waals surface area contributed by atoms with E-state index in [1.54, 1.807) is 17.9 Å². The van der Waals surface area contributed by atoms with E-state index >= 15 is 0 Å². The van der Waals surface area contributed by atoms with Crippen molar-refractivity contribution in [2.45, 2.75) is 26.7 Å². The Balaban J connectivity index is 3.10. The predicted molar refractivity (Wildman–Crippen MR) is 83.0 cm³/mol. The van der Waals surface area contributed by atoms with Gasteiger partial charge in [-0.1, -0.05) is 12.8 Å². The molecule has 1 rings (SSSR count). The number of hydrogen-bond acceptors (Lipinski definition) is 5. The van der Waals surface area contributed by atoms with Crippen molar-refractivity contribution < 1.29 is 19.4 Å². The van der Waals surface area contributed by atoms with Gasteiger partial charge in [-0.2, -0.15) is 0 Å². The van der Waals surface area contributed by atoms with Crippen molar-refractivity contribution in [2.24, 2.45) is 0 Å². The van der Waals surface area contributed by atoms with E-state index in [1.807, 2.05) is 6.92 Å². The number of esters is 1. The summed E-state index contributed by atoms with van der Waals surface area (Å²) in [5.74, 6) is 1.20. The average Bonchev–Trinajstić information content (AvgIpc) is 2.87. The number of carbonyl (C=O) groups is 2. The van der Waals surface area contributed by atoms with Crippen LogP contribution in [-0.4, -0.2) is 36.7 Å². The Kier molecular flexibility index (Phi) is 6.76. The maximum atomic E-state index is 12.0. The molecule has 0 radical (unpaired) electrons. The number of carbonyl (C=O) groups excluding carboxylic acids is 1. The summed E-state index contributed by atoms with van der Waals surface area (Å²) >= 11 is 1.45. The van der Waals surface area contributed by atoms with E-state index < -0.39 is 11.9 Å². The van der Waals surface area contributed by atoms with Crippen LogP contribution in [0.2, 0.25) is 0 Å². The van der Waals surface area contributed by atoms with Crippen LogP contribution in [0, 0.1) is 12.3 Å². The van der Waals surface area contributed by atoms with Gasteiger partial charge in [-0.3, -0.25) is 4.79 Å². The van der Waals surface area contributed by atoms with Crippen LogP contribution in [0.15, 0.2) is 6.07 Å². The standard InChI is InChI=1S/C15H19NO4S/c1-4-8-16(9-7-13(17)18)14-12(15(19)20-6-3)10-11(5-2)21-14/h1,10H,5-9H2,2-3H3,(H,17,18). The number of anilines is 1. The summed E-state index contributed by atoms with van der Waals surface area (Å²) in [5.41, 5.74) is 0.458. The zero-order valence-electron chi connectivity index (χ0n) is 12.2. The number of thiophene rings is 1. The SMILES string of the molecule is C#CCN(CCC(=O)O)c1sc(CC)cc1C(=O)OCC.